The average molecular weight is 415 g/mol. The van der Waals surface area contributed by atoms with Crippen molar-refractivity contribution >= 4 is 23.8 Å². The average Bonchev–Trinajstić information content (AvgIpc) is 2.90. The maximum atomic E-state index is 12.9. The number of carbonyl (C=O) groups is 4. The molecule has 1 N–H and O–H groups in total. The molecule has 1 saturated heterocycles. The zero-order chi connectivity index (χ0) is 21.9. The Labute approximate surface area is 176 Å². The number of hydrogen-bond donors (Lipinski definition) is 1. The Hall–Kier alpha value is -2.90. The van der Waals surface area contributed by atoms with Gasteiger partial charge in [-0.25, -0.2) is 4.79 Å². The molecule has 0 unspecified atom stereocenters. The van der Waals surface area contributed by atoms with Gasteiger partial charge in [-0.2, -0.15) is 0 Å². The molecule has 3 rings (SSSR count). The van der Waals surface area contributed by atoms with Crippen molar-refractivity contribution in [1.29, 1.82) is 0 Å². The molecule has 1 spiro atoms. The highest BCUT2D eigenvalue weighted by Gasteiger charge is 2.56. The molecule has 30 heavy (non-hydrogen) atoms. The lowest BCUT2D eigenvalue weighted by Crippen LogP contribution is -2.49. The summed E-state index contributed by atoms with van der Waals surface area (Å²) in [6, 6.07) is 7.23. The Morgan fingerprint density at radius 3 is 2.40 bits per heavy atom. The van der Waals surface area contributed by atoms with Gasteiger partial charge in [-0.3, -0.25) is 19.3 Å². The number of amides is 4. The second-order valence-electron chi connectivity index (χ2n) is 8.16. The van der Waals surface area contributed by atoms with Crippen molar-refractivity contribution in [1.82, 2.24) is 15.1 Å². The van der Waals surface area contributed by atoms with Crippen molar-refractivity contribution in [3.05, 3.63) is 35.4 Å². The van der Waals surface area contributed by atoms with Gasteiger partial charge in [0.05, 0.1) is 0 Å². The number of rotatable bonds is 6. The fourth-order valence-electron chi connectivity index (χ4n) is 4.13. The number of hydrogen-bond acceptors (Lipinski definition) is 5. The zero-order valence-electron chi connectivity index (χ0n) is 17.8. The van der Waals surface area contributed by atoms with Crippen LogP contribution in [0.1, 0.15) is 50.2 Å². The Balaban J connectivity index is 1.53. The Bertz CT molecular complexity index is 830. The fourth-order valence-corrected chi connectivity index (χ4v) is 4.13. The number of carbonyl (C=O) groups excluding carboxylic acids is 4. The molecule has 1 aliphatic heterocycles. The lowest BCUT2D eigenvalue weighted by Gasteiger charge is -2.35. The van der Waals surface area contributed by atoms with Crippen molar-refractivity contribution in [2.75, 3.05) is 13.6 Å². The molecule has 8 heteroatoms. The maximum absolute atomic E-state index is 12.9. The molecule has 0 bridgehead atoms. The predicted molar refractivity (Wildman–Crippen MR) is 109 cm³/mol. The molecule has 1 aromatic rings. The van der Waals surface area contributed by atoms with E-state index in [2.05, 4.69) is 5.32 Å². The molecular formula is C22H29N3O5. The van der Waals surface area contributed by atoms with Crippen molar-refractivity contribution in [3.8, 4) is 0 Å². The van der Waals surface area contributed by atoms with Gasteiger partial charge >= 0.3 is 12.0 Å². The third-order valence-corrected chi connectivity index (χ3v) is 6.04. The zero-order valence-corrected chi connectivity index (χ0v) is 17.8. The van der Waals surface area contributed by atoms with E-state index in [0.29, 0.717) is 19.4 Å². The minimum atomic E-state index is -1.03. The molecule has 2 aliphatic rings. The first-order chi connectivity index (χ1) is 14.2. The smallest absolute Gasteiger partial charge is 0.327 e. The van der Waals surface area contributed by atoms with Crippen LogP contribution in [-0.2, 0) is 25.7 Å². The first kappa shape index (κ1) is 21.8. The molecule has 1 aliphatic carbocycles. The van der Waals surface area contributed by atoms with Crippen LogP contribution in [0.2, 0.25) is 0 Å². The van der Waals surface area contributed by atoms with Gasteiger partial charge in [0, 0.05) is 13.6 Å². The number of ether oxygens (including phenoxy) is 1. The van der Waals surface area contributed by atoms with Gasteiger partial charge in [-0.1, -0.05) is 49.1 Å². The molecule has 1 heterocycles. The summed E-state index contributed by atoms with van der Waals surface area (Å²) in [6.07, 6.45) is 2.97. The normalized spacial score (nSPS) is 19.2. The SMILES string of the molecule is Cc1ccc(CNC(=O)[C@@H](C)OC(=O)CN2C(=O)N(C)C3(CCCCC3)C2=O)cc1. The predicted octanol–water partition coefficient (Wildman–Crippen LogP) is 2.14. The highest BCUT2D eigenvalue weighted by molar-refractivity contribution is 6.08. The number of esters is 1. The van der Waals surface area contributed by atoms with Gasteiger partial charge in [-0.05, 0) is 32.3 Å². The highest BCUT2D eigenvalue weighted by atomic mass is 16.5. The topological polar surface area (TPSA) is 96.0 Å². The lowest BCUT2D eigenvalue weighted by molar-refractivity contribution is -0.156. The van der Waals surface area contributed by atoms with Crippen molar-refractivity contribution in [2.24, 2.45) is 0 Å². The molecule has 2 fully saturated rings. The van der Waals surface area contributed by atoms with Crippen molar-refractivity contribution in [3.63, 3.8) is 0 Å². The van der Waals surface area contributed by atoms with E-state index in [1.54, 1.807) is 7.05 Å². The summed E-state index contributed by atoms with van der Waals surface area (Å²) >= 11 is 0. The van der Waals surface area contributed by atoms with Crippen LogP contribution < -0.4 is 5.32 Å². The highest BCUT2D eigenvalue weighted by Crippen LogP contribution is 2.39. The van der Waals surface area contributed by atoms with Crippen molar-refractivity contribution < 1.29 is 23.9 Å². The van der Waals surface area contributed by atoms with E-state index in [4.69, 9.17) is 4.74 Å². The molecule has 0 aromatic heterocycles. The Morgan fingerprint density at radius 2 is 1.77 bits per heavy atom. The number of nitrogens with one attached hydrogen (secondary N) is 1. The summed E-state index contributed by atoms with van der Waals surface area (Å²) in [4.78, 5) is 52.5. The first-order valence-corrected chi connectivity index (χ1v) is 10.4. The van der Waals surface area contributed by atoms with Crippen LogP contribution in [0, 0.1) is 6.92 Å². The fraction of sp³-hybridized carbons (Fsp3) is 0.545. The van der Waals surface area contributed by atoms with E-state index >= 15 is 0 Å². The molecule has 162 valence electrons. The second kappa shape index (κ2) is 8.85. The van der Waals surface area contributed by atoms with E-state index in [-0.39, 0.29) is 5.91 Å². The van der Waals surface area contributed by atoms with E-state index in [0.717, 1.165) is 35.3 Å². The lowest BCUT2D eigenvalue weighted by atomic mass is 9.81. The summed E-state index contributed by atoms with van der Waals surface area (Å²) in [7, 11) is 1.61. The third-order valence-electron chi connectivity index (χ3n) is 6.04. The summed E-state index contributed by atoms with van der Waals surface area (Å²) in [5.41, 5.74) is 1.22. The van der Waals surface area contributed by atoms with Crippen molar-refractivity contribution in [2.45, 2.75) is 64.1 Å². The van der Waals surface area contributed by atoms with Gasteiger partial charge in [0.15, 0.2) is 6.10 Å². The monoisotopic (exact) mass is 415 g/mol. The van der Waals surface area contributed by atoms with Crippen LogP contribution >= 0.6 is 0 Å². The van der Waals surface area contributed by atoms with E-state index in [1.807, 2.05) is 31.2 Å². The minimum absolute atomic E-state index is 0.317. The number of aryl methyl sites for hydroxylation is 1. The molecule has 1 aromatic carbocycles. The summed E-state index contributed by atoms with van der Waals surface area (Å²) in [5, 5.41) is 2.72. The standard InChI is InChI=1S/C22H29N3O5/c1-15-7-9-17(10-8-15)13-23-19(27)16(2)30-18(26)14-25-20(28)22(24(3)21(25)29)11-5-4-6-12-22/h7-10,16H,4-6,11-14H2,1-3H3,(H,23,27)/t16-/m1/s1. The van der Waals surface area contributed by atoms with Gasteiger partial charge < -0.3 is 15.0 Å². The summed E-state index contributed by atoms with van der Waals surface area (Å²) in [5.74, 6) is -1.57. The minimum Gasteiger partial charge on any atom is -0.451 e. The van der Waals surface area contributed by atoms with Crippen LogP contribution in [0.25, 0.3) is 0 Å². The van der Waals surface area contributed by atoms with Crippen LogP contribution in [0.5, 0.6) is 0 Å². The number of urea groups is 1. The molecule has 0 radical (unpaired) electrons. The quantitative estimate of drug-likeness (QED) is 0.567. The maximum Gasteiger partial charge on any atom is 0.327 e. The number of likely N-dealkylation sites (N-methyl/N-ethyl adjacent to an activating group) is 1. The first-order valence-electron chi connectivity index (χ1n) is 10.4. The Kier molecular flexibility index (Phi) is 6.43. The number of imide groups is 1. The van der Waals surface area contributed by atoms with Gasteiger partial charge in [-0.15, -0.1) is 0 Å². The summed E-state index contributed by atoms with van der Waals surface area (Å²) in [6.45, 7) is 3.27. The van der Waals surface area contributed by atoms with E-state index < -0.39 is 36.1 Å². The van der Waals surface area contributed by atoms with Crippen LogP contribution in [-0.4, -0.2) is 58.8 Å². The van der Waals surface area contributed by atoms with Gasteiger partial charge in [0.25, 0.3) is 11.8 Å². The number of nitrogens with zero attached hydrogens (tertiary/aromatic N) is 2. The molecule has 4 amide bonds. The third kappa shape index (κ3) is 4.32. The van der Waals surface area contributed by atoms with E-state index in [1.165, 1.54) is 11.8 Å². The summed E-state index contributed by atoms with van der Waals surface area (Å²) < 4.78 is 5.17. The second-order valence-corrected chi connectivity index (χ2v) is 8.16. The van der Waals surface area contributed by atoms with E-state index in [9.17, 15) is 19.2 Å². The number of benzene rings is 1. The van der Waals surface area contributed by atoms with Gasteiger partial charge in [0.2, 0.25) is 0 Å². The molecule has 1 atom stereocenters. The molecule has 1 saturated carbocycles. The van der Waals surface area contributed by atoms with Crippen LogP contribution in [0.3, 0.4) is 0 Å². The largest absolute Gasteiger partial charge is 0.451 e. The molecule has 8 nitrogen and oxygen atoms in total. The van der Waals surface area contributed by atoms with Crippen LogP contribution in [0.15, 0.2) is 24.3 Å². The van der Waals surface area contributed by atoms with Gasteiger partial charge in [0.1, 0.15) is 12.1 Å². The molecular weight excluding hydrogens is 386 g/mol. The van der Waals surface area contributed by atoms with Crippen LogP contribution in [0.4, 0.5) is 4.79 Å². The Morgan fingerprint density at radius 1 is 1.13 bits per heavy atom.